The number of methoxy groups -OCH3 is 1. The topological polar surface area (TPSA) is 24.5 Å². The lowest BCUT2D eigenvalue weighted by Gasteiger charge is -2.43. The van der Waals surface area contributed by atoms with Gasteiger partial charge < -0.3 is 15.0 Å². The molecule has 0 radical (unpaired) electrons. The molecule has 0 amide bonds. The van der Waals surface area contributed by atoms with E-state index in [0.717, 1.165) is 6.54 Å². The minimum atomic E-state index is 0.507. The summed E-state index contributed by atoms with van der Waals surface area (Å²) in [6, 6.07) is 0. The molecule has 0 spiro atoms. The van der Waals surface area contributed by atoms with Gasteiger partial charge in [0.1, 0.15) is 0 Å². The Bertz CT molecular complexity index is 243. The fourth-order valence-electron chi connectivity index (χ4n) is 3.86. The highest BCUT2D eigenvalue weighted by Gasteiger charge is 2.34. The van der Waals surface area contributed by atoms with E-state index in [1.165, 1.54) is 71.1 Å². The second kappa shape index (κ2) is 7.61. The van der Waals surface area contributed by atoms with Crippen LogP contribution in [0, 0.1) is 5.41 Å². The number of nitrogens with one attached hydrogen (secondary N) is 1. The predicted octanol–water partition coefficient (Wildman–Crippen LogP) is 2.66. The van der Waals surface area contributed by atoms with Crippen LogP contribution in [0.2, 0.25) is 0 Å². The molecule has 0 unspecified atom stereocenters. The van der Waals surface area contributed by atoms with Crippen molar-refractivity contribution in [1.29, 1.82) is 0 Å². The number of piperidine rings is 1. The van der Waals surface area contributed by atoms with Crippen LogP contribution < -0.4 is 5.32 Å². The first-order valence-electron chi connectivity index (χ1n) is 8.24. The van der Waals surface area contributed by atoms with Crippen molar-refractivity contribution in [1.82, 2.24) is 10.2 Å². The molecule has 0 atom stereocenters. The van der Waals surface area contributed by atoms with Crippen LogP contribution in [-0.2, 0) is 4.74 Å². The molecule has 1 saturated carbocycles. The van der Waals surface area contributed by atoms with E-state index >= 15 is 0 Å². The van der Waals surface area contributed by atoms with Gasteiger partial charge >= 0.3 is 0 Å². The van der Waals surface area contributed by atoms with Crippen LogP contribution in [0.25, 0.3) is 0 Å². The van der Waals surface area contributed by atoms with Gasteiger partial charge in [0, 0.05) is 33.3 Å². The molecule has 0 bridgehead atoms. The zero-order valence-electron chi connectivity index (χ0n) is 12.9. The largest absolute Gasteiger partial charge is 0.381 e. The van der Waals surface area contributed by atoms with E-state index in [4.69, 9.17) is 4.74 Å². The van der Waals surface area contributed by atoms with Crippen molar-refractivity contribution in [2.24, 2.45) is 5.41 Å². The molecule has 1 aliphatic carbocycles. The molecule has 1 N–H and O–H groups in total. The minimum Gasteiger partial charge on any atom is -0.381 e. The third kappa shape index (κ3) is 4.44. The Balaban J connectivity index is 1.85. The van der Waals surface area contributed by atoms with Crippen LogP contribution in [0.1, 0.15) is 51.9 Å². The zero-order chi connectivity index (χ0) is 13.6. The third-order valence-electron chi connectivity index (χ3n) is 5.09. The zero-order valence-corrected chi connectivity index (χ0v) is 12.9. The molecular formula is C16H32N2O. The van der Waals surface area contributed by atoms with Crippen molar-refractivity contribution in [3.63, 3.8) is 0 Å². The van der Waals surface area contributed by atoms with Gasteiger partial charge in [-0.15, -0.1) is 0 Å². The van der Waals surface area contributed by atoms with Crippen LogP contribution >= 0.6 is 0 Å². The lowest BCUT2D eigenvalue weighted by molar-refractivity contribution is 0.0188. The van der Waals surface area contributed by atoms with E-state index < -0.39 is 0 Å². The van der Waals surface area contributed by atoms with Gasteiger partial charge in [0.2, 0.25) is 0 Å². The Morgan fingerprint density at radius 1 is 1.16 bits per heavy atom. The fourth-order valence-corrected chi connectivity index (χ4v) is 3.86. The molecule has 2 aliphatic rings. The molecule has 3 heteroatoms. The van der Waals surface area contributed by atoms with Crippen LogP contribution in [0.4, 0.5) is 0 Å². The number of rotatable bonds is 6. The Morgan fingerprint density at radius 2 is 1.84 bits per heavy atom. The van der Waals surface area contributed by atoms with Crippen molar-refractivity contribution in [2.75, 3.05) is 39.8 Å². The summed E-state index contributed by atoms with van der Waals surface area (Å²) in [4.78, 5) is 2.69. The summed E-state index contributed by atoms with van der Waals surface area (Å²) in [5, 5.41) is 3.62. The summed E-state index contributed by atoms with van der Waals surface area (Å²) in [5.74, 6) is 0. The Morgan fingerprint density at radius 3 is 2.42 bits per heavy atom. The van der Waals surface area contributed by atoms with Crippen molar-refractivity contribution in [3.8, 4) is 0 Å². The summed E-state index contributed by atoms with van der Waals surface area (Å²) in [6.45, 7) is 8.30. The molecule has 0 aromatic carbocycles. The Hall–Kier alpha value is -0.120. The number of hydrogen-bond donors (Lipinski definition) is 1. The molecule has 1 aliphatic heterocycles. The number of nitrogens with zero attached hydrogens (tertiary/aromatic N) is 1. The van der Waals surface area contributed by atoms with Gasteiger partial charge in [0.15, 0.2) is 0 Å². The fraction of sp³-hybridized carbons (Fsp3) is 1.00. The van der Waals surface area contributed by atoms with Crippen LogP contribution in [0.3, 0.4) is 0 Å². The van der Waals surface area contributed by atoms with E-state index in [1.807, 2.05) is 7.11 Å². The maximum Gasteiger partial charge on any atom is 0.0595 e. The van der Waals surface area contributed by atoms with E-state index in [2.05, 4.69) is 17.1 Å². The molecule has 2 fully saturated rings. The van der Waals surface area contributed by atoms with E-state index in [-0.39, 0.29) is 0 Å². The lowest BCUT2D eigenvalue weighted by Crippen LogP contribution is -2.48. The molecular weight excluding hydrogens is 236 g/mol. The lowest BCUT2D eigenvalue weighted by atomic mass is 9.73. The summed E-state index contributed by atoms with van der Waals surface area (Å²) in [7, 11) is 1.86. The number of hydrogen-bond acceptors (Lipinski definition) is 3. The number of likely N-dealkylation sites (tertiary alicyclic amines) is 1. The van der Waals surface area contributed by atoms with Gasteiger partial charge in [0.05, 0.1) is 6.10 Å². The normalized spacial score (nSPS) is 25.6. The molecule has 0 aromatic heterocycles. The molecule has 112 valence electrons. The summed E-state index contributed by atoms with van der Waals surface area (Å²) >= 11 is 0. The number of ether oxygens (including phenoxy) is 1. The van der Waals surface area contributed by atoms with Gasteiger partial charge in [-0.2, -0.15) is 0 Å². The quantitative estimate of drug-likeness (QED) is 0.801. The second-order valence-electron chi connectivity index (χ2n) is 6.55. The third-order valence-corrected chi connectivity index (χ3v) is 5.09. The predicted molar refractivity (Wildman–Crippen MR) is 80.5 cm³/mol. The molecule has 1 saturated heterocycles. The maximum absolute atomic E-state index is 5.48. The van der Waals surface area contributed by atoms with Crippen LogP contribution in [0.15, 0.2) is 0 Å². The van der Waals surface area contributed by atoms with Gasteiger partial charge in [-0.05, 0) is 37.6 Å². The monoisotopic (exact) mass is 268 g/mol. The second-order valence-corrected chi connectivity index (χ2v) is 6.55. The van der Waals surface area contributed by atoms with Crippen LogP contribution in [0.5, 0.6) is 0 Å². The first-order chi connectivity index (χ1) is 9.28. The average molecular weight is 268 g/mol. The minimum absolute atomic E-state index is 0.507. The summed E-state index contributed by atoms with van der Waals surface area (Å²) in [6.07, 6.45) is 10.1. The first kappa shape index (κ1) is 15.3. The van der Waals surface area contributed by atoms with Gasteiger partial charge in [-0.25, -0.2) is 0 Å². The van der Waals surface area contributed by atoms with Crippen LogP contribution in [-0.4, -0.2) is 50.8 Å². The standard InChI is InChI=1S/C16H32N2O/c1-3-17-13-16(9-5-4-6-10-16)14-18-11-7-15(19-2)8-12-18/h15,17H,3-14H2,1-2H3. The highest BCUT2D eigenvalue weighted by atomic mass is 16.5. The van der Waals surface area contributed by atoms with E-state index in [9.17, 15) is 0 Å². The van der Waals surface area contributed by atoms with Gasteiger partial charge in [-0.3, -0.25) is 0 Å². The maximum atomic E-state index is 5.48. The van der Waals surface area contributed by atoms with Crippen molar-refractivity contribution in [2.45, 2.75) is 58.0 Å². The SMILES string of the molecule is CCNCC1(CN2CCC(OC)CC2)CCCCC1. The van der Waals surface area contributed by atoms with Crippen molar-refractivity contribution in [3.05, 3.63) is 0 Å². The summed E-state index contributed by atoms with van der Waals surface area (Å²) in [5.41, 5.74) is 0.550. The average Bonchev–Trinajstić information content (AvgIpc) is 2.47. The summed E-state index contributed by atoms with van der Waals surface area (Å²) < 4.78 is 5.48. The smallest absolute Gasteiger partial charge is 0.0595 e. The molecule has 19 heavy (non-hydrogen) atoms. The first-order valence-corrected chi connectivity index (χ1v) is 8.24. The van der Waals surface area contributed by atoms with E-state index in [1.54, 1.807) is 0 Å². The van der Waals surface area contributed by atoms with Crippen molar-refractivity contribution < 1.29 is 4.74 Å². The molecule has 2 rings (SSSR count). The molecule has 0 aromatic rings. The highest BCUT2D eigenvalue weighted by molar-refractivity contribution is 4.89. The van der Waals surface area contributed by atoms with E-state index in [0.29, 0.717) is 11.5 Å². The van der Waals surface area contributed by atoms with Crippen molar-refractivity contribution >= 4 is 0 Å². The highest BCUT2D eigenvalue weighted by Crippen LogP contribution is 2.37. The van der Waals surface area contributed by atoms with Gasteiger partial charge in [0.25, 0.3) is 0 Å². The Kier molecular flexibility index (Phi) is 6.11. The Labute approximate surface area is 119 Å². The molecule has 3 nitrogen and oxygen atoms in total. The van der Waals surface area contributed by atoms with Gasteiger partial charge in [-0.1, -0.05) is 26.2 Å². The molecule has 1 heterocycles.